The van der Waals surface area contributed by atoms with Gasteiger partial charge in [-0.15, -0.1) is 0 Å². The number of aliphatic hydroxyl groups excluding tert-OH is 1. The molecule has 6 N–H and O–H groups in total. The summed E-state index contributed by atoms with van der Waals surface area (Å²) in [6.07, 6.45) is -3.41. The number of rotatable bonds is 8. The first-order valence-corrected chi connectivity index (χ1v) is 16.7. The Bertz CT molecular complexity index is 2360. The van der Waals surface area contributed by atoms with Crippen LogP contribution in [-0.4, -0.2) is 70.8 Å². The number of hydrogen-bond acceptors (Lipinski definition) is 10. The van der Waals surface area contributed by atoms with Crippen LogP contribution in [0.1, 0.15) is 32.6 Å². The molecule has 0 radical (unpaired) electrons. The largest absolute Gasteiger partial charge is 0.496 e. The molecule has 1 amide bonds. The minimum atomic E-state index is -5.08. The second-order valence-electron chi connectivity index (χ2n) is 11.7. The fourth-order valence-corrected chi connectivity index (χ4v) is 5.42. The highest BCUT2D eigenvalue weighted by atomic mass is 35.5. The van der Waals surface area contributed by atoms with Crippen molar-refractivity contribution in [2.45, 2.75) is 18.8 Å². The first kappa shape index (κ1) is 40.6. The number of ether oxygens (including phenoxy) is 2. The zero-order valence-corrected chi connectivity index (χ0v) is 30.2. The lowest BCUT2D eigenvalue weighted by Gasteiger charge is -2.15. The van der Waals surface area contributed by atoms with E-state index in [0.717, 1.165) is 5.56 Å². The Balaban J connectivity index is 0.000000784. The van der Waals surface area contributed by atoms with Gasteiger partial charge in [0.2, 0.25) is 5.95 Å². The van der Waals surface area contributed by atoms with E-state index in [4.69, 9.17) is 51.8 Å². The van der Waals surface area contributed by atoms with Crippen molar-refractivity contribution < 1.29 is 46.8 Å². The van der Waals surface area contributed by atoms with Crippen LogP contribution in [0.2, 0.25) is 5.02 Å². The number of nitrogens with zero attached hydrogens (tertiary/aromatic N) is 3. The van der Waals surface area contributed by atoms with Crippen molar-refractivity contribution in [3.63, 3.8) is 0 Å². The third-order valence-corrected chi connectivity index (χ3v) is 8.12. The molecule has 4 aromatic carbocycles. The Morgan fingerprint density at radius 3 is 2.34 bits per heavy atom. The quantitative estimate of drug-likeness (QED) is 0.0849. The third-order valence-electron chi connectivity index (χ3n) is 7.88. The molecule has 5 aromatic rings. The molecule has 0 saturated carbocycles. The Morgan fingerprint density at radius 2 is 1.68 bits per heavy atom. The number of aliphatic hydroxyl groups is 1. The van der Waals surface area contributed by atoms with Gasteiger partial charge in [0.05, 0.1) is 55.9 Å². The number of aliphatic imine (C=N–C) groups is 1. The fraction of sp³-hybridized carbons (Fsp3) is 0.154. The smallest absolute Gasteiger partial charge is 0.490 e. The maximum absolute atomic E-state index is 15.2. The van der Waals surface area contributed by atoms with Crippen LogP contribution < -0.4 is 25.8 Å². The minimum Gasteiger partial charge on any atom is -0.496 e. The lowest BCUT2D eigenvalue weighted by Crippen LogP contribution is -2.21. The summed E-state index contributed by atoms with van der Waals surface area (Å²) in [5, 5.41) is 22.7. The number of carbonyl (C=O) groups excluding carboxylic acids is 1. The zero-order valence-electron chi connectivity index (χ0n) is 29.4. The third kappa shape index (κ3) is 9.76. The van der Waals surface area contributed by atoms with Crippen molar-refractivity contribution in [2.24, 2.45) is 10.7 Å². The molecule has 17 heteroatoms. The molecule has 0 saturated heterocycles. The number of aliphatic carboxylic acids is 1. The number of carboxylic acids is 1. The van der Waals surface area contributed by atoms with Crippen molar-refractivity contribution in [3.05, 3.63) is 124 Å². The summed E-state index contributed by atoms with van der Waals surface area (Å²) in [5.74, 6) is 2.98. The van der Waals surface area contributed by atoms with Crippen molar-refractivity contribution in [3.8, 4) is 34.6 Å². The number of benzene rings is 4. The van der Waals surface area contributed by atoms with Gasteiger partial charge in [-0.3, -0.25) is 9.79 Å². The van der Waals surface area contributed by atoms with Gasteiger partial charge < -0.3 is 36.1 Å². The predicted molar refractivity (Wildman–Crippen MR) is 201 cm³/mol. The van der Waals surface area contributed by atoms with Gasteiger partial charge in [-0.1, -0.05) is 35.6 Å². The van der Waals surface area contributed by atoms with E-state index in [9.17, 15) is 18.0 Å². The number of halogens is 5. The standard InChI is InChI=1S/C37H30ClFN6O4.C2HF3O2/c1-48-31-5-3-4-30(39)33(31)35-29-16-23(38)9-14-27(29)34-22(18-41-35)19-42-37(45-34)44-26-13-15-28(32(17-26)49-2)36(47)43-25-11-7-21(8-12-25)6-10-24(40)20-46;3-2(4,5)1(6)7/h3-5,7-9,11-17,19,24,46H,18,20,40H2,1-2H3,(H,43,47)(H,42,44,45);(H,6,7). The number of nitrogens with two attached hydrogens (primary N) is 1. The van der Waals surface area contributed by atoms with E-state index in [1.807, 2.05) is 6.07 Å². The van der Waals surface area contributed by atoms with Gasteiger partial charge in [-0.25, -0.2) is 19.2 Å². The van der Waals surface area contributed by atoms with Gasteiger partial charge in [0, 0.05) is 50.9 Å². The molecule has 1 aromatic heterocycles. The molecule has 1 aliphatic heterocycles. The molecule has 2 heterocycles. The van der Waals surface area contributed by atoms with Gasteiger partial charge in [-0.05, 0) is 60.7 Å². The summed E-state index contributed by atoms with van der Waals surface area (Å²) < 4.78 is 58.0. The van der Waals surface area contributed by atoms with Crippen molar-refractivity contribution >= 4 is 46.5 Å². The number of aromatic nitrogens is 2. The molecule has 0 aliphatic carbocycles. The van der Waals surface area contributed by atoms with Crippen LogP contribution in [0.5, 0.6) is 11.5 Å². The number of carbonyl (C=O) groups is 2. The number of amides is 1. The summed E-state index contributed by atoms with van der Waals surface area (Å²) in [4.78, 5) is 36.2. The lowest BCUT2D eigenvalue weighted by atomic mass is 9.94. The number of methoxy groups -OCH3 is 2. The first-order chi connectivity index (χ1) is 26.7. The molecule has 12 nitrogen and oxygen atoms in total. The number of anilines is 3. The SMILES string of the molecule is COc1cc(Nc2ncc3c(n2)-c2ccc(Cl)cc2C(c2c(F)cccc2OC)=NC3)ccc1C(=O)Nc1ccc(C#CC(N)CO)cc1.O=C(O)C(F)(F)F. The van der Waals surface area contributed by atoms with Gasteiger partial charge >= 0.3 is 12.1 Å². The second kappa shape index (κ2) is 17.7. The molecule has 1 atom stereocenters. The summed E-state index contributed by atoms with van der Waals surface area (Å²) >= 11 is 6.42. The van der Waals surface area contributed by atoms with Gasteiger partial charge in [-0.2, -0.15) is 13.2 Å². The topological polar surface area (TPSA) is 181 Å². The van der Waals surface area contributed by atoms with Crippen LogP contribution in [0.25, 0.3) is 11.3 Å². The van der Waals surface area contributed by atoms with E-state index in [1.54, 1.807) is 72.9 Å². The highest BCUT2D eigenvalue weighted by Crippen LogP contribution is 2.36. The van der Waals surface area contributed by atoms with E-state index in [0.29, 0.717) is 61.6 Å². The average molecular weight is 791 g/mol. The number of nitrogens with one attached hydrogen (secondary N) is 2. The van der Waals surface area contributed by atoms with Crippen molar-refractivity contribution in [1.29, 1.82) is 0 Å². The number of carboxylic acid groups (broad SMARTS) is 1. The van der Waals surface area contributed by atoms with Gasteiger partial charge in [0.15, 0.2) is 0 Å². The van der Waals surface area contributed by atoms with Crippen molar-refractivity contribution in [2.75, 3.05) is 31.5 Å². The van der Waals surface area contributed by atoms with Crippen LogP contribution in [0.15, 0.2) is 90.1 Å². The highest BCUT2D eigenvalue weighted by Gasteiger charge is 2.38. The van der Waals surface area contributed by atoms with E-state index < -0.39 is 24.0 Å². The predicted octanol–water partition coefficient (Wildman–Crippen LogP) is 6.60. The maximum Gasteiger partial charge on any atom is 0.490 e. The number of hydrogen-bond donors (Lipinski definition) is 5. The molecule has 0 bridgehead atoms. The highest BCUT2D eigenvalue weighted by molar-refractivity contribution is 6.31. The van der Waals surface area contributed by atoms with Gasteiger partial charge in [0.25, 0.3) is 5.91 Å². The molecule has 288 valence electrons. The van der Waals surface area contributed by atoms with Crippen LogP contribution in [-0.2, 0) is 11.3 Å². The lowest BCUT2D eigenvalue weighted by molar-refractivity contribution is -0.192. The molecular weight excluding hydrogens is 760 g/mol. The summed E-state index contributed by atoms with van der Waals surface area (Å²) in [7, 11) is 2.96. The fourth-order valence-electron chi connectivity index (χ4n) is 5.24. The van der Waals surface area contributed by atoms with Crippen LogP contribution in [0.4, 0.5) is 34.9 Å². The normalized spacial score (nSPS) is 12.1. The molecule has 0 fully saturated rings. The molecule has 56 heavy (non-hydrogen) atoms. The monoisotopic (exact) mass is 790 g/mol. The Kier molecular flexibility index (Phi) is 12.9. The Morgan fingerprint density at radius 1 is 0.982 bits per heavy atom. The van der Waals surface area contributed by atoms with Crippen LogP contribution >= 0.6 is 11.6 Å². The van der Waals surface area contributed by atoms with E-state index >= 15 is 4.39 Å². The number of fused-ring (bicyclic) bond motifs is 3. The summed E-state index contributed by atoms with van der Waals surface area (Å²) in [5.41, 5.74) is 11.0. The molecule has 1 aliphatic rings. The molecule has 0 spiro atoms. The molecular formula is C39H31ClF4N6O6. The molecule has 6 rings (SSSR count). The average Bonchev–Trinajstić information content (AvgIpc) is 3.33. The maximum atomic E-state index is 15.2. The number of alkyl halides is 3. The second-order valence-corrected chi connectivity index (χ2v) is 12.1. The Labute approximate surface area is 322 Å². The first-order valence-electron chi connectivity index (χ1n) is 16.3. The van der Waals surface area contributed by atoms with E-state index in [-0.39, 0.29) is 30.6 Å². The molecule has 1 unspecified atom stereocenters. The summed E-state index contributed by atoms with van der Waals surface area (Å²) in [6.45, 7) is -0.0345. The zero-order chi connectivity index (χ0) is 40.6. The van der Waals surface area contributed by atoms with Crippen molar-refractivity contribution in [1.82, 2.24) is 9.97 Å². The van der Waals surface area contributed by atoms with E-state index in [1.165, 1.54) is 20.3 Å². The Hall–Kier alpha value is -6.54. The van der Waals surface area contributed by atoms with E-state index in [2.05, 4.69) is 27.5 Å². The van der Waals surface area contributed by atoms with Crippen LogP contribution in [0, 0.1) is 17.7 Å². The van der Waals surface area contributed by atoms with Gasteiger partial charge in [0.1, 0.15) is 17.3 Å². The minimum absolute atomic E-state index is 0.195. The van der Waals surface area contributed by atoms with Crippen LogP contribution in [0.3, 0.4) is 0 Å². The summed E-state index contributed by atoms with van der Waals surface area (Å²) in [6, 6.07) is 21.3.